The zero-order valence-electron chi connectivity index (χ0n) is 13.9. The van der Waals surface area contributed by atoms with Crippen LogP contribution in [0.2, 0.25) is 0 Å². The summed E-state index contributed by atoms with van der Waals surface area (Å²) in [5.41, 5.74) is 18.8. The van der Waals surface area contributed by atoms with Gasteiger partial charge in [0.2, 0.25) is 0 Å². The van der Waals surface area contributed by atoms with Crippen molar-refractivity contribution in [3.8, 4) is 0 Å². The minimum absolute atomic E-state index is 0.0434. The summed E-state index contributed by atoms with van der Waals surface area (Å²) < 4.78 is 12.7. The molecule has 0 bridgehead atoms. The van der Waals surface area contributed by atoms with Crippen LogP contribution in [-0.2, 0) is 22.7 Å². The summed E-state index contributed by atoms with van der Waals surface area (Å²) in [6, 6.07) is 11.9. The first-order valence-electron chi connectivity index (χ1n) is 8.10. The van der Waals surface area contributed by atoms with E-state index in [9.17, 15) is 0 Å². The van der Waals surface area contributed by atoms with Crippen molar-refractivity contribution in [1.82, 2.24) is 0 Å². The number of nitrogens with zero attached hydrogens (tertiary/aromatic N) is 3. The molecular weight excluding hydrogens is 464 g/mol. The van der Waals surface area contributed by atoms with Crippen molar-refractivity contribution in [2.45, 2.75) is 25.3 Å². The van der Waals surface area contributed by atoms with Crippen LogP contribution in [0.5, 0.6) is 0 Å². The monoisotopic (exact) mass is 480 g/mol. The highest BCUT2D eigenvalue weighted by Gasteiger charge is 2.19. The van der Waals surface area contributed by atoms with E-state index in [-0.39, 0.29) is 12.1 Å². The average molecular weight is 482 g/mol. The molecule has 0 radical (unpaired) electrons. The van der Waals surface area contributed by atoms with Crippen LogP contribution in [0.1, 0.15) is 34.3 Å². The van der Waals surface area contributed by atoms with Crippen molar-refractivity contribution in [2.24, 2.45) is 10.8 Å². The Hall–Kier alpha value is -1.41. The van der Waals surface area contributed by atoms with E-state index < -0.39 is 0 Å². The molecule has 0 amide bonds. The number of azide groups is 1. The highest BCUT2D eigenvalue weighted by molar-refractivity contribution is 9.10. The molecule has 26 heavy (non-hydrogen) atoms. The minimum atomic E-state index is -0.183. The predicted octanol–water partition coefficient (Wildman–Crippen LogP) is 5.31. The third-order valence-electron chi connectivity index (χ3n) is 4.25. The number of ether oxygens (including phenoxy) is 2. The van der Waals surface area contributed by atoms with Gasteiger partial charge in [-0.15, -0.1) is 0 Å². The zero-order chi connectivity index (χ0) is 18.5. The van der Waals surface area contributed by atoms with E-state index in [1.807, 2.05) is 24.3 Å². The van der Waals surface area contributed by atoms with Gasteiger partial charge >= 0.3 is 0 Å². The van der Waals surface area contributed by atoms with Crippen molar-refractivity contribution in [2.75, 3.05) is 13.2 Å². The maximum Gasteiger partial charge on any atom is 0.0862 e. The topological polar surface area (TPSA) is 93.2 Å². The molecule has 2 aromatic carbocycles. The third kappa shape index (κ3) is 4.65. The number of halogens is 2. The van der Waals surface area contributed by atoms with E-state index >= 15 is 0 Å². The molecule has 2 heterocycles. The lowest BCUT2D eigenvalue weighted by atomic mass is 10.00. The summed E-state index contributed by atoms with van der Waals surface area (Å²) in [6.07, 6.45) is 0. The molecule has 136 valence electrons. The van der Waals surface area contributed by atoms with Crippen molar-refractivity contribution in [1.29, 1.82) is 0 Å². The van der Waals surface area contributed by atoms with Crippen LogP contribution in [0.4, 0.5) is 0 Å². The van der Waals surface area contributed by atoms with Crippen LogP contribution in [0.15, 0.2) is 50.5 Å². The summed E-state index contributed by atoms with van der Waals surface area (Å²) >= 11 is 6.80. The van der Waals surface area contributed by atoms with Crippen molar-refractivity contribution in [3.63, 3.8) is 0 Å². The fourth-order valence-electron chi connectivity index (χ4n) is 3.00. The van der Waals surface area contributed by atoms with Gasteiger partial charge in [0.25, 0.3) is 0 Å². The standard InChI is InChI=1S/C9H8BrN3O.C9H10BrNO/c10-7-1-2-8-6(3-7)4-14-5-9(8)12-13-11;10-7-1-2-8-6(3-7)4-12-5-9(8)11/h1-3,9H,4-5H2;1-3,9H,4-5,11H2. The second-order valence-electron chi connectivity index (χ2n) is 6.04. The van der Waals surface area contributed by atoms with Crippen LogP contribution in [0.3, 0.4) is 0 Å². The zero-order valence-corrected chi connectivity index (χ0v) is 17.1. The quantitative estimate of drug-likeness (QED) is 0.339. The average Bonchev–Trinajstić information content (AvgIpc) is 2.62. The molecular formula is C18H18Br2N4O2. The number of benzene rings is 2. The molecule has 2 N–H and O–H groups in total. The van der Waals surface area contributed by atoms with Crippen molar-refractivity contribution >= 4 is 31.9 Å². The van der Waals surface area contributed by atoms with E-state index in [0.717, 1.165) is 20.1 Å². The van der Waals surface area contributed by atoms with Gasteiger partial charge in [-0.3, -0.25) is 0 Å². The Kier molecular flexibility index (Phi) is 6.69. The smallest absolute Gasteiger partial charge is 0.0862 e. The van der Waals surface area contributed by atoms with E-state index in [1.54, 1.807) is 0 Å². The maximum absolute atomic E-state index is 8.39. The third-order valence-corrected chi connectivity index (χ3v) is 5.23. The molecule has 2 unspecified atom stereocenters. The summed E-state index contributed by atoms with van der Waals surface area (Å²) in [5, 5.41) is 3.69. The number of hydrogen-bond acceptors (Lipinski definition) is 4. The number of fused-ring (bicyclic) bond motifs is 2. The van der Waals surface area contributed by atoms with Crippen LogP contribution in [0, 0.1) is 0 Å². The molecule has 6 nitrogen and oxygen atoms in total. The lowest BCUT2D eigenvalue weighted by Crippen LogP contribution is -2.23. The SMILES string of the molecule is NC1COCc2cc(Br)ccc21.[N-]=[N+]=NC1COCc2cc(Br)ccc21. The van der Waals surface area contributed by atoms with Gasteiger partial charge in [-0.1, -0.05) is 49.1 Å². The Morgan fingerprint density at radius 2 is 1.54 bits per heavy atom. The highest BCUT2D eigenvalue weighted by Crippen LogP contribution is 2.30. The lowest BCUT2D eigenvalue weighted by molar-refractivity contribution is 0.0923. The molecule has 2 aromatic rings. The Bertz CT molecular complexity index is 840. The molecule has 0 saturated heterocycles. The molecule has 2 atom stereocenters. The summed E-state index contributed by atoms with van der Waals surface area (Å²) in [6.45, 7) is 2.38. The fourth-order valence-corrected chi connectivity index (χ4v) is 3.82. The van der Waals surface area contributed by atoms with Crippen molar-refractivity contribution < 1.29 is 9.47 Å². The van der Waals surface area contributed by atoms with E-state index in [1.165, 1.54) is 11.1 Å². The van der Waals surface area contributed by atoms with Gasteiger partial charge < -0.3 is 15.2 Å². The second kappa shape index (κ2) is 8.99. The molecule has 4 rings (SSSR count). The molecule has 0 saturated carbocycles. The summed E-state index contributed by atoms with van der Waals surface area (Å²) in [5.74, 6) is 0. The second-order valence-corrected chi connectivity index (χ2v) is 7.88. The summed E-state index contributed by atoms with van der Waals surface area (Å²) in [4.78, 5) is 2.81. The van der Waals surface area contributed by atoms with E-state index in [0.29, 0.717) is 26.4 Å². The fraction of sp³-hybridized carbons (Fsp3) is 0.333. The van der Waals surface area contributed by atoms with E-state index in [2.05, 4.69) is 54.0 Å². The van der Waals surface area contributed by atoms with Crippen LogP contribution in [-0.4, -0.2) is 13.2 Å². The van der Waals surface area contributed by atoms with Gasteiger partial charge in [0.05, 0.1) is 38.5 Å². The Morgan fingerprint density at radius 3 is 2.19 bits per heavy atom. The first-order valence-corrected chi connectivity index (χ1v) is 9.69. The Balaban J connectivity index is 0.000000152. The van der Waals surface area contributed by atoms with Gasteiger partial charge in [-0.05, 0) is 52.1 Å². The molecule has 8 heteroatoms. The summed E-state index contributed by atoms with van der Waals surface area (Å²) in [7, 11) is 0. The van der Waals surface area contributed by atoms with Gasteiger partial charge in [0.1, 0.15) is 0 Å². The Labute approximate surface area is 168 Å². The normalized spacial score (nSPS) is 20.7. The van der Waals surface area contributed by atoms with Gasteiger partial charge in [-0.2, -0.15) is 0 Å². The molecule has 0 fully saturated rings. The first-order chi connectivity index (χ1) is 12.6. The lowest BCUT2D eigenvalue weighted by Gasteiger charge is -2.22. The molecule has 0 aromatic heterocycles. The molecule has 2 aliphatic heterocycles. The number of hydrogen-bond donors (Lipinski definition) is 1. The van der Waals surface area contributed by atoms with Crippen molar-refractivity contribution in [3.05, 3.63) is 78.0 Å². The maximum atomic E-state index is 8.39. The van der Waals surface area contributed by atoms with Crippen LogP contribution >= 0.6 is 31.9 Å². The van der Waals surface area contributed by atoms with Crippen LogP contribution < -0.4 is 5.73 Å². The van der Waals surface area contributed by atoms with Gasteiger partial charge in [-0.25, -0.2) is 0 Å². The Morgan fingerprint density at radius 1 is 0.962 bits per heavy atom. The minimum Gasteiger partial charge on any atom is -0.376 e. The first kappa shape index (κ1) is 19.4. The molecule has 0 spiro atoms. The van der Waals surface area contributed by atoms with Gasteiger partial charge in [0.15, 0.2) is 0 Å². The van der Waals surface area contributed by atoms with E-state index in [4.69, 9.17) is 20.7 Å². The van der Waals surface area contributed by atoms with Crippen LogP contribution in [0.25, 0.3) is 10.4 Å². The predicted molar refractivity (Wildman–Crippen MR) is 106 cm³/mol. The van der Waals surface area contributed by atoms with Gasteiger partial charge in [0, 0.05) is 13.9 Å². The highest BCUT2D eigenvalue weighted by atomic mass is 79.9. The molecule has 2 aliphatic rings. The molecule has 0 aliphatic carbocycles. The number of nitrogens with two attached hydrogens (primary N) is 1. The number of rotatable bonds is 1. The largest absolute Gasteiger partial charge is 0.376 e.